The number of hydrogen-bond acceptors (Lipinski definition) is 2. The lowest BCUT2D eigenvalue weighted by atomic mass is 10.1. The largest absolute Gasteiger partial charge is 0.334 e. The van der Waals surface area contributed by atoms with Crippen LogP contribution in [0.5, 0.6) is 0 Å². The molecule has 21 heavy (non-hydrogen) atoms. The van der Waals surface area contributed by atoms with Gasteiger partial charge in [-0.05, 0) is 38.5 Å². The number of anilines is 1. The Kier molecular flexibility index (Phi) is 4.53. The molecule has 0 radical (unpaired) electrons. The van der Waals surface area contributed by atoms with Crippen molar-refractivity contribution in [2.45, 2.75) is 32.9 Å². The molecule has 0 aliphatic carbocycles. The summed E-state index contributed by atoms with van der Waals surface area (Å²) in [4.78, 5) is 11.8. The van der Waals surface area contributed by atoms with Gasteiger partial charge in [-0.3, -0.25) is 10.00 Å². The van der Waals surface area contributed by atoms with E-state index in [1.807, 2.05) is 43.8 Å². The third-order valence-electron chi connectivity index (χ3n) is 2.88. The number of carbonyl (C=O) groups excluding carboxylic acids is 1. The van der Waals surface area contributed by atoms with Crippen molar-refractivity contribution < 1.29 is 4.79 Å². The van der Waals surface area contributed by atoms with Gasteiger partial charge in [0.15, 0.2) is 5.82 Å². The number of urea groups is 1. The molecule has 2 aromatic rings. The van der Waals surface area contributed by atoms with E-state index in [1.165, 1.54) is 0 Å². The zero-order valence-corrected chi connectivity index (χ0v) is 13.1. The van der Waals surface area contributed by atoms with Crippen LogP contribution < -0.4 is 10.6 Å². The van der Waals surface area contributed by atoms with Gasteiger partial charge in [0, 0.05) is 23.8 Å². The summed E-state index contributed by atoms with van der Waals surface area (Å²) < 4.78 is 1.81. The standard InChI is InChI=1S/C15H19ClN4O/c1-15(2,3)20-9-8-13(19-20)18-14(21)17-10-11-4-6-12(16)7-5-11/h4-9H,10H2,1-3H3,(H2,17,18,19,21). The van der Waals surface area contributed by atoms with E-state index in [4.69, 9.17) is 11.6 Å². The van der Waals surface area contributed by atoms with Crippen molar-refractivity contribution in [3.8, 4) is 0 Å². The second kappa shape index (κ2) is 6.18. The summed E-state index contributed by atoms with van der Waals surface area (Å²) in [7, 11) is 0. The maximum atomic E-state index is 11.8. The predicted molar refractivity (Wildman–Crippen MR) is 84.5 cm³/mol. The highest BCUT2D eigenvalue weighted by molar-refractivity contribution is 6.30. The van der Waals surface area contributed by atoms with Crippen molar-refractivity contribution in [1.82, 2.24) is 15.1 Å². The Balaban J connectivity index is 1.87. The molecule has 2 rings (SSSR count). The van der Waals surface area contributed by atoms with Crippen LogP contribution in [0.25, 0.3) is 0 Å². The molecule has 0 aliphatic heterocycles. The van der Waals surface area contributed by atoms with Gasteiger partial charge in [0.05, 0.1) is 5.54 Å². The van der Waals surface area contributed by atoms with Crippen LogP contribution in [0.3, 0.4) is 0 Å². The minimum Gasteiger partial charge on any atom is -0.334 e. The number of nitrogens with one attached hydrogen (secondary N) is 2. The minimum absolute atomic E-state index is 0.111. The smallest absolute Gasteiger partial charge is 0.320 e. The average Bonchev–Trinajstić information content (AvgIpc) is 2.86. The van der Waals surface area contributed by atoms with Crippen molar-refractivity contribution in [3.63, 3.8) is 0 Å². The molecule has 6 heteroatoms. The van der Waals surface area contributed by atoms with E-state index in [-0.39, 0.29) is 11.6 Å². The second-order valence-corrected chi connectivity index (χ2v) is 6.19. The van der Waals surface area contributed by atoms with Crippen LogP contribution >= 0.6 is 11.6 Å². The summed E-state index contributed by atoms with van der Waals surface area (Å²) >= 11 is 5.81. The molecule has 0 saturated heterocycles. The fourth-order valence-corrected chi connectivity index (χ4v) is 1.84. The van der Waals surface area contributed by atoms with Crippen LogP contribution in [0.15, 0.2) is 36.5 Å². The lowest BCUT2D eigenvalue weighted by Gasteiger charge is -2.18. The molecule has 0 spiro atoms. The molecule has 5 nitrogen and oxygen atoms in total. The summed E-state index contributed by atoms with van der Waals surface area (Å²) in [5.74, 6) is 0.526. The van der Waals surface area contributed by atoms with Gasteiger partial charge in [0.25, 0.3) is 0 Å². The summed E-state index contributed by atoms with van der Waals surface area (Å²) in [5.41, 5.74) is 0.870. The highest BCUT2D eigenvalue weighted by Crippen LogP contribution is 2.14. The number of hydrogen-bond donors (Lipinski definition) is 2. The van der Waals surface area contributed by atoms with Crippen molar-refractivity contribution in [1.29, 1.82) is 0 Å². The van der Waals surface area contributed by atoms with E-state index in [2.05, 4.69) is 15.7 Å². The second-order valence-electron chi connectivity index (χ2n) is 5.75. The van der Waals surface area contributed by atoms with Crippen molar-refractivity contribution >= 4 is 23.4 Å². The highest BCUT2D eigenvalue weighted by Gasteiger charge is 2.14. The van der Waals surface area contributed by atoms with E-state index < -0.39 is 0 Å². The van der Waals surface area contributed by atoms with Crippen molar-refractivity contribution in [2.75, 3.05) is 5.32 Å². The summed E-state index contributed by atoms with van der Waals surface area (Å²) in [6.45, 7) is 6.57. The summed E-state index contributed by atoms with van der Waals surface area (Å²) in [6.07, 6.45) is 1.84. The SMILES string of the molecule is CC(C)(C)n1ccc(NC(=O)NCc2ccc(Cl)cc2)n1. The van der Waals surface area contributed by atoms with Gasteiger partial charge in [-0.25, -0.2) is 4.79 Å². The third-order valence-corrected chi connectivity index (χ3v) is 3.14. The number of benzene rings is 1. The first-order valence-electron chi connectivity index (χ1n) is 6.70. The monoisotopic (exact) mass is 306 g/mol. The number of carbonyl (C=O) groups is 1. The number of halogens is 1. The normalized spacial score (nSPS) is 11.2. The topological polar surface area (TPSA) is 59.0 Å². The molecule has 2 amide bonds. The van der Waals surface area contributed by atoms with Crippen molar-refractivity contribution in [2.24, 2.45) is 0 Å². The zero-order valence-electron chi connectivity index (χ0n) is 12.4. The number of amides is 2. The van der Waals surface area contributed by atoms with E-state index in [1.54, 1.807) is 18.2 Å². The van der Waals surface area contributed by atoms with Gasteiger partial charge in [0.2, 0.25) is 0 Å². The molecule has 1 heterocycles. The highest BCUT2D eigenvalue weighted by atomic mass is 35.5. The molecular weight excluding hydrogens is 288 g/mol. The first kappa shape index (κ1) is 15.4. The van der Waals surface area contributed by atoms with Crippen LogP contribution in [0.1, 0.15) is 26.3 Å². The maximum Gasteiger partial charge on any atom is 0.320 e. The van der Waals surface area contributed by atoms with E-state index in [9.17, 15) is 4.79 Å². The number of aromatic nitrogens is 2. The average molecular weight is 307 g/mol. The van der Waals surface area contributed by atoms with Crippen molar-refractivity contribution in [3.05, 3.63) is 47.1 Å². The van der Waals surface area contributed by atoms with E-state index in [0.29, 0.717) is 17.4 Å². The maximum absolute atomic E-state index is 11.8. The van der Waals surface area contributed by atoms with Crippen LogP contribution in [-0.4, -0.2) is 15.8 Å². The molecule has 1 aromatic carbocycles. The molecule has 2 N–H and O–H groups in total. The quantitative estimate of drug-likeness (QED) is 0.910. The Morgan fingerprint density at radius 2 is 1.90 bits per heavy atom. The zero-order chi connectivity index (χ0) is 15.5. The summed E-state index contributed by atoms with van der Waals surface area (Å²) in [6, 6.07) is 8.81. The fraction of sp³-hybridized carbons (Fsp3) is 0.333. The van der Waals surface area contributed by atoms with Crippen LogP contribution in [-0.2, 0) is 12.1 Å². The Bertz CT molecular complexity index is 613. The van der Waals surface area contributed by atoms with Crippen LogP contribution in [0, 0.1) is 0 Å². The van der Waals surface area contributed by atoms with Crippen LogP contribution in [0.2, 0.25) is 5.02 Å². The molecular formula is C15H19ClN4O. The molecule has 0 atom stereocenters. The molecule has 0 unspecified atom stereocenters. The molecule has 0 saturated carbocycles. The van der Waals surface area contributed by atoms with Gasteiger partial charge in [-0.15, -0.1) is 0 Å². The molecule has 0 aliphatic rings. The number of nitrogens with zero attached hydrogens (tertiary/aromatic N) is 2. The van der Waals surface area contributed by atoms with E-state index in [0.717, 1.165) is 5.56 Å². The Morgan fingerprint density at radius 1 is 1.24 bits per heavy atom. The lowest BCUT2D eigenvalue weighted by molar-refractivity contribution is 0.251. The van der Waals surface area contributed by atoms with Gasteiger partial charge >= 0.3 is 6.03 Å². The number of rotatable bonds is 3. The minimum atomic E-state index is -0.288. The van der Waals surface area contributed by atoms with Gasteiger partial charge < -0.3 is 5.32 Å². The first-order valence-corrected chi connectivity index (χ1v) is 7.08. The molecule has 0 fully saturated rings. The molecule has 0 bridgehead atoms. The summed E-state index contributed by atoms with van der Waals surface area (Å²) in [5, 5.41) is 10.5. The molecule has 112 valence electrons. The Labute approximate surface area is 129 Å². The lowest BCUT2D eigenvalue weighted by Crippen LogP contribution is -2.29. The molecule has 1 aromatic heterocycles. The van der Waals surface area contributed by atoms with Gasteiger partial charge in [-0.2, -0.15) is 5.10 Å². The Hall–Kier alpha value is -2.01. The van der Waals surface area contributed by atoms with Crippen LogP contribution in [0.4, 0.5) is 10.6 Å². The van der Waals surface area contributed by atoms with Gasteiger partial charge in [-0.1, -0.05) is 23.7 Å². The van der Waals surface area contributed by atoms with Gasteiger partial charge in [0.1, 0.15) is 0 Å². The predicted octanol–water partition coefficient (Wildman–Crippen LogP) is 3.61. The van der Waals surface area contributed by atoms with E-state index >= 15 is 0 Å². The fourth-order valence-electron chi connectivity index (χ4n) is 1.71. The third kappa shape index (κ3) is 4.49. The first-order chi connectivity index (χ1) is 9.84. The Morgan fingerprint density at radius 3 is 2.48 bits per heavy atom.